The molecule has 108 valence electrons. The number of amides is 1. The van der Waals surface area contributed by atoms with E-state index in [-0.39, 0.29) is 12.3 Å². The number of rotatable bonds is 6. The molecule has 0 spiro atoms. The standard InChI is InChI=1S/C15H20N2O3/c1-10-7-11(2)15-12(8-10)13(17-20-15)9-14(18)16-5-4-6-19-3/h7-8H,4-6,9H2,1-3H3,(H,16,18). The summed E-state index contributed by atoms with van der Waals surface area (Å²) in [6.07, 6.45) is 1.04. The highest BCUT2D eigenvalue weighted by Crippen LogP contribution is 2.23. The predicted molar refractivity (Wildman–Crippen MR) is 76.7 cm³/mol. The average molecular weight is 276 g/mol. The van der Waals surface area contributed by atoms with E-state index in [2.05, 4.69) is 10.5 Å². The van der Waals surface area contributed by atoms with Gasteiger partial charge < -0.3 is 14.6 Å². The van der Waals surface area contributed by atoms with Gasteiger partial charge in [0.2, 0.25) is 5.91 Å². The van der Waals surface area contributed by atoms with E-state index in [4.69, 9.17) is 9.26 Å². The molecule has 0 aliphatic rings. The lowest BCUT2D eigenvalue weighted by Crippen LogP contribution is -2.26. The van der Waals surface area contributed by atoms with Crippen LogP contribution in [0.15, 0.2) is 16.7 Å². The van der Waals surface area contributed by atoms with Gasteiger partial charge in [0.25, 0.3) is 0 Å². The van der Waals surface area contributed by atoms with Crippen molar-refractivity contribution in [2.75, 3.05) is 20.3 Å². The number of benzene rings is 1. The summed E-state index contributed by atoms with van der Waals surface area (Å²) in [7, 11) is 1.65. The zero-order valence-electron chi connectivity index (χ0n) is 12.2. The van der Waals surface area contributed by atoms with Crippen molar-refractivity contribution in [3.05, 3.63) is 29.0 Å². The summed E-state index contributed by atoms with van der Waals surface area (Å²) in [6, 6.07) is 4.05. The third-order valence-electron chi connectivity index (χ3n) is 3.15. The molecule has 5 heteroatoms. The second-order valence-corrected chi connectivity index (χ2v) is 4.96. The summed E-state index contributed by atoms with van der Waals surface area (Å²) < 4.78 is 10.3. The maximum absolute atomic E-state index is 11.9. The number of carbonyl (C=O) groups excluding carboxylic acids is 1. The van der Waals surface area contributed by atoms with Crippen LogP contribution in [0, 0.1) is 13.8 Å². The lowest BCUT2D eigenvalue weighted by molar-refractivity contribution is -0.120. The van der Waals surface area contributed by atoms with Gasteiger partial charge in [0.05, 0.1) is 6.42 Å². The van der Waals surface area contributed by atoms with E-state index in [1.54, 1.807) is 7.11 Å². The van der Waals surface area contributed by atoms with Gasteiger partial charge in [-0.25, -0.2) is 0 Å². The van der Waals surface area contributed by atoms with Gasteiger partial charge in [-0.2, -0.15) is 0 Å². The Bertz CT molecular complexity index is 604. The Balaban J connectivity index is 2.04. The Hall–Kier alpha value is -1.88. The van der Waals surface area contributed by atoms with E-state index in [0.29, 0.717) is 18.8 Å². The topological polar surface area (TPSA) is 64.4 Å². The predicted octanol–water partition coefficient (Wildman–Crippen LogP) is 2.14. The summed E-state index contributed by atoms with van der Waals surface area (Å²) >= 11 is 0. The molecule has 1 N–H and O–H groups in total. The second-order valence-electron chi connectivity index (χ2n) is 4.96. The third-order valence-corrected chi connectivity index (χ3v) is 3.15. The van der Waals surface area contributed by atoms with Gasteiger partial charge in [-0.15, -0.1) is 0 Å². The molecule has 0 unspecified atom stereocenters. The van der Waals surface area contributed by atoms with Gasteiger partial charge in [0.15, 0.2) is 5.58 Å². The van der Waals surface area contributed by atoms with E-state index < -0.39 is 0 Å². The fraction of sp³-hybridized carbons (Fsp3) is 0.467. The number of hydrogen-bond donors (Lipinski definition) is 1. The minimum atomic E-state index is -0.0459. The first-order valence-electron chi connectivity index (χ1n) is 6.73. The number of nitrogens with zero attached hydrogens (tertiary/aromatic N) is 1. The van der Waals surface area contributed by atoms with Gasteiger partial charge in [-0.3, -0.25) is 4.79 Å². The summed E-state index contributed by atoms with van der Waals surface area (Å²) in [5, 5.41) is 7.80. The Morgan fingerprint density at radius 3 is 2.95 bits per heavy atom. The molecule has 0 saturated heterocycles. The quantitative estimate of drug-likeness (QED) is 0.821. The van der Waals surface area contributed by atoms with Crippen molar-refractivity contribution in [3.8, 4) is 0 Å². The van der Waals surface area contributed by atoms with Crippen LogP contribution < -0.4 is 5.32 Å². The van der Waals surface area contributed by atoms with E-state index in [9.17, 15) is 4.79 Å². The van der Waals surface area contributed by atoms with Gasteiger partial charge in [0, 0.05) is 25.6 Å². The SMILES string of the molecule is COCCCNC(=O)Cc1noc2c(C)cc(C)cc12. The van der Waals surface area contributed by atoms with Crippen LogP contribution in [0.25, 0.3) is 11.0 Å². The lowest BCUT2D eigenvalue weighted by atomic mass is 10.1. The van der Waals surface area contributed by atoms with Crippen molar-refractivity contribution in [3.63, 3.8) is 0 Å². The van der Waals surface area contributed by atoms with Crippen LogP contribution in [0.4, 0.5) is 0 Å². The average Bonchev–Trinajstić information content (AvgIpc) is 2.78. The first-order chi connectivity index (χ1) is 9.61. The fourth-order valence-corrected chi connectivity index (χ4v) is 2.23. The molecule has 20 heavy (non-hydrogen) atoms. The molecule has 2 aromatic rings. The van der Waals surface area contributed by atoms with Gasteiger partial charge in [-0.05, 0) is 37.5 Å². The van der Waals surface area contributed by atoms with Crippen LogP contribution in [0.3, 0.4) is 0 Å². The highest BCUT2D eigenvalue weighted by molar-refractivity contribution is 5.88. The normalized spacial score (nSPS) is 10.9. The summed E-state index contributed by atoms with van der Waals surface area (Å²) in [5.74, 6) is -0.0459. The van der Waals surface area contributed by atoms with Crippen LogP contribution in [-0.2, 0) is 16.0 Å². The molecule has 5 nitrogen and oxygen atoms in total. The minimum Gasteiger partial charge on any atom is -0.385 e. The van der Waals surface area contributed by atoms with Gasteiger partial charge in [0.1, 0.15) is 5.69 Å². The van der Waals surface area contributed by atoms with Crippen LogP contribution in [0.1, 0.15) is 23.2 Å². The van der Waals surface area contributed by atoms with Crippen molar-refractivity contribution in [2.24, 2.45) is 0 Å². The van der Waals surface area contributed by atoms with Crippen LogP contribution in [-0.4, -0.2) is 31.3 Å². The molecule has 1 aromatic carbocycles. The van der Waals surface area contributed by atoms with Crippen LogP contribution in [0.2, 0.25) is 0 Å². The molecular formula is C15H20N2O3. The molecule has 0 fully saturated rings. The molecule has 0 aliphatic carbocycles. The molecule has 0 radical (unpaired) electrons. The van der Waals surface area contributed by atoms with Crippen LogP contribution >= 0.6 is 0 Å². The molecule has 0 aliphatic heterocycles. The van der Waals surface area contributed by atoms with Gasteiger partial charge >= 0.3 is 0 Å². The second kappa shape index (κ2) is 6.52. The van der Waals surface area contributed by atoms with E-state index >= 15 is 0 Å². The van der Waals surface area contributed by atoms with Crippen molar-refractivity contribution in [1.82, 2.24) is 10.5 Å². The Morgan fingerprint density at radius 1 is 1.40 bits per heavy atom. The Morgan fingerprint density at radius 2 is 2.20 bits per heavy atom. The third kappa shape index (κ3) is 3.36. The summed E-state index contributed by atoms with van der Waals surface area (Å²) in [6.45, 7) is 5.26. The van der Waals surface area contributed by atoms with Crippen molar-refractivity contribution in [2.45, 2.75) is 26.7 Å². The van der Waals surface area contributed by atoms with Gasteiger partial charge in [-0.1, -0.05) is 11.2 Å². The highest BCUT2D eigenvalue weighted by atomic mass is 16.5. The number of methoxy groups -OCH3 is 1. The van der Waals surface area contributed by atoms with Crippen molar-refractivity contribution < 1.29 is 14.1 Å². The molecule has 1 aromatic heterocycles. The number of nitrogens with one attached hydrogen (secondary N) is 1. The number of ether oxygens (including phenoxy) is 1. The van der Waals surface area contributed by atoms with Crippen molar-refractivity contribution in [1.29, 1.82) is 0 Å². The summed E-state index contributed by atoms with van der Waals surface area (Å²) in [5.41, 5.74) is 3.63. The first kappa shape index (κ1) is 14.5. The minimum absolute atomic E-state index is 0.0459. The largest absolute Gasteiger partial charge is 0.385 e. The number of carbonyl (C=O) groups is 1. The number of aromatic nitrogens is 1. The molecule has 1 amide bonds. The monoisotopic (exact) mass is 276 g/mol. The Kier molecular flexibility index (Phi) is 4.74. The molecule has 1 heterocycles. The zero-order valence-corrected chi connectivity index (χ0v) is 12.2. The van der Waals surface area contributed by atoms with Crippen molar-refractivity contribution >= 4 is 16.9 Å². The molecular weight excluding hydrogens is 256 g/mol. The highest BCUT2D eigenvalue weighted by Gasteiger charge is 2.14. The molecule has 0 bridgehead atoms. The number of aryl methyl sites for hydroxylation is 2. The fourth-order valence-electron chi connectivity index (χ4n) is 2.23. The smallest absolute Gasteiger partial charge is 0.226 e. The number of fused-ring (bicyclic) bond motifs is 1. The van der Waals surface area contributed by atoms with E-state index in [1.807, 2.05) is 26.0 Å². The summed E-state index contributed by atoms with van der Waals surface area (Å²) in [4.78, 5) is 11.9. The lowest BCUT2D eigenvalue weighted by Gasteiger charge is -2.03. The number of hydrogen-bond acceptors (Lipinski definition) is 4. The first-order valence-corrected chi connectivity index (χ1v) is 6.73. The van der Waals surface area contributed by atoms with Crippen LogP contribution in [0.5, 0.6) is 0 Å². The Labute approximate surface area is 118 Å². The maximum atomic E-state index is 11.9. The van der Waals surface area contributed by atoms with E-state index in [1.165, 1.54) is 0 Å². The zero-order chi connectivity index (χ0) is 14.5. The maximum Gasteiger partial charge on any atom is 0.226 e. The van der Waals surface area contributed by atoms with E-state index in [0.717, 1.165) is 28.5 Å². The molecule has 0 atom stereocenters. The molecule has 2 rings (SSSR count). The molecule has 0 saturated carbocycles.